The highest BCUT2D eigenvalue weighted by Gasteiger charge is 2.34. The highest BCUT2D eigenvalue weighted by atomic mass is 16.7. The molecule has 6 nitrogen and oxygen atoms in total. The van der Waals surface area contributed by atoms with E-state index in [1.807, 2.05) is 30.3 Å². The second-order valence-electron chi connectivity index (χ2n) is 6.74. The van der Waals surface area contributed by atoms with Crippen LogP contribution in [0.25, 0.3) is 11.6 Å². The summed E-state index contributed by atoms with van der Waals surface area (Å²) in [5, 5.41) is 0. The molecule has 1 aromatic heterocycles. The van der Waals surface area contributed by atoms with Crippen molar-refractivity contribution in [1.29, 1.82) is 0 Å². The Kier molecular flexibility index (Phi) is 4.09. The van der Waals surface area contributed by atoms with Crippen LogP contribution < -0.4 is 9.47 Å². The van der Waals surface area contributed by atoms with Crippen LogP contribution in [0, 0.1) is 0 Å². The molecule has 0 bridgehead atoms. The number of imide groups is 1. The molecule has 0 saturated heterocycles. The molecule has 0 saturated carbocycles. The molecule has 3 aromatic rings. The van der Waals surface area contributed by atoms with Crippen molar-refractivity contribution in [3.8, 4) is 11.5 Å². The fraction of sp³-hybridized carbons (Fsp3) is 0.0870. The maximum atomic E-state index is 13.3. The van der Waals surface area contributed by atoms with Gasteiger partial charge in [0, 0.05) is 17.3 Å². The average Bonchev–Trinajstić information content (AvgIpc) is 3.23. The Labute approximate surface area is 167 Å². The fourth-order valence-corrected chi connectivity index (χ4v) is 3.52. The molecule has 0 atom stereocenters. The number of fused-ring (bicyclic) bond motifs is 2. The quantitative estimate of drug-likeness (QED) is 0.510. The number of amides is 2. The van der Waals surface area contributed by atoms with Gasteiger partial charge in [0.1, 0.15) is 0 Å². The maximum absolute atomic E-state index is 13.3. The lowest BCUT2D eigenvalue weighted by atomic mass is 9.92. The first-order valence-corrected chi connectivity index (χ1v) is 9.17. The molecule has 2 aliphatic rings. The zero-order valence-corrected chi connectivity index (χ0v) is 15.4. The van der Waals surface area contributed by atoms with Crippen molar-refractivity contribution in [3.05, 3.63) is 89.2 Å². The SMILES string of the molecule is O=C1/C(=C/c2ccccn2)c2ccccc2C(=O)N1Cc1ccc2c(c1)OCO2. The van der Waals surface area contributed by atoms with Gasteiger partial charge in [-0.15, -0.1) is 0 Å². The summed E-state index contributed by atoms with van der Waals surface area (Å²) in [7, 11) is 0. The summed E-state index contributed by atoms with van der Waals surface area (Å²) >= 11 is 0. The number of ether oxygens (including phenoxy) is 2. The molecular weight excluding hydrogens is 368 g/mol. The zero-order chi connectivity index (χ0) is 19.8. The minimum atomic E-state index is -0.350. The zero-order valence-electron chi connectivity index (χ0n) is 15.4. The van der Waals surface area contributed by atoms with Gasteiger partial charge in [-0.2, -0.15) is 0 Å². The number of pyridine rings is 1. The van der Waals surface area contributed by atoms with Crippen molar-refractivity contribution in [2.24, 2.45) is 0 Å². The molecule has 2 amide bonds. The lowest BCUT2D eigenvalue weighted by Crippen LogP contribution is -2.41. The Hall–Kier alpha value is -3.93. The van der Waals surface area contributed by atoms with E-state index in [-0.39, 0.29) is 25.2 Å². The molecule has 5 rings (SSSR count). The van der Waals surface area contributed by atoms with Gasteiger partial charge in [-0.3, -0.25) is 19.5 Å². The summed E-state index contributed by atoms with van der Waals surface area (Å²) in [4.78, 5) is 31.9. The summed E-state index contributed by atoms with van der Waals surface area (Å²) in [6.07, 6.45) is 3.39. The first kappa shape index (κ1) is 17.2. The van der Waals surface area contributed by atoms with E-state index in [0.29, 0.717) is 33.9 Å². The average molecular weight is 384 g/mol. The third-order valence-corrected chi connectivity index (χ3v) is 4.93. The van der Waals surface area contributed by atoms with Gasteiger partial charge in [-0.25, -0.2) is 0 Å². The number of hydrogen-bond acceptors (Lipinski definition) is 5. The van der Waals surface area contributed by atoms with Crippen molar-refractivity contribution in [2.75, 3.05) is 6.79 Å². The number of rotatable bonds is 3. The largest absolute Gasteiger partial charge is 0.454 e. The lowest BCUT2D eigenvalue weighted by molar-refractivity contribution is -0.123. The van der Waals surface area contributed by atoms with Crippen LogP contribution in [0.15, 0.2) is 66.9 Å². The minimum absolute atomic E-state index is 0.141. The molecule has 0 aliphatic carbocycles. The molecule has 0 fully saturated rings. The first-order chi connectivity index (χ1) is 14.2. The van der Waals surface area contributed by atoms with Gasteiger partial charge in [-0.05, 0) is 42.0 Å². The molecule has 0 radical (unpaired) electrons. The van der Waals surface area contributed by atoms with Crippen LogP contribution in [-0.2, 0) is 11.3 Å². The Balaban J connectivity index is 1.56. The summed E-state index contributed by atoms with van der Waals surface area (Å²) in [6.45, 7) is 0.312. The molecule has 0 unspecified atom stereocenters. The van der Waals surface area contributed by atoms with E-state index in [9.17, 15) is 9.59 Å². The predicted octanol–water partition coefficient (Wildman–Crippen LogP) is 3.53. The smallest absolute Gasteiger partial charge is 0.261 e. The molecule has 2 aliphatic heterocycles. The molecule has 0 spiro atoms. The maximum Gasteiger partial charge on any atom is 0.261 e. The van der Waals surface area contributed by atoms with E-state index in [4.69, 9.17) is 9.47 Å². The summed E-state index contributed by atoms with van der Waals surface area (Å²) in [5.41, 5.74) is 3.00. The Morgan fingerprint density at radius 2 is 1.69 bits per heavy atom. The van der Waals surface area contributed by atoms with E-state index >= 15 is 0 Å². The van der Waals surface area contributed by atoms with Gasteiger partial charge in [0.05, 0.1) is 17.8 Å². The monoisotopic (exact) mass is 384 g/mol. The van der Waals surface area contributed by atoms with Gasteiger partial charge in [0.2, 0.25) is 6.79 Å². The highest BCUT2D eigenvalue weighted by molar-refractivity contribution is 6.33. The Morgan fingerprint density at radius 1 is 0.897 bits per heavy atom. The first-order valence-electron chi connectivity index (χ1n) is 9.17. The van der Waals surface area contributed by atoms with Crippen molar-refractivity contribution in [3.63, 3.8) is 0 Å². The van der Waals surface area contributed by atoms with Gasteiger partial charge >= 0.3 is 0 Å². The highest BCUT2D eigenvalue weighted by Crippen LogP contribution is 2.35. The summed E-state index contributed by atoms with van der Waals surface area (Å²) in [5.74, 6) is 0.605. The molecule has 2 aromatic carbocycles. The number of aromatic nitrogens is 1. The number of hydrogen-bond donors (Lipinski definition) is 0. The topological polar surface area (TPSA) is 68.7 Å². The van der Waals surface area contributed by atoms with E-state index in [1.165, 1.54) is 4.90 Å². The third-order valence-electron chi connectivity index (χ3n) is 4.93. The van der Waals surface area contributed by atoms with E-state index in [1.54, 1.807) is 42.6 Å². The van der Waals surface area contributed by atoms with Gasteiger partial charge < -0.3 is 9.47 Å². The number of carbonyl (C=O) groups excluding carboxylic acids is 2. The van der Waals surface area contributed by atoms with Crippen LogP contribution >= 0.6 is 0 Å². The van der Waals surface area contributed by atoms with E-state index < -0.39 is 0 Å². The molecular formula is C23H16N2O4. The van der Waals surface area contributed by atoms with Crippen LogP contribution in [-0.4, -0.2) is 28.5 Å². The van der Waals surface area contributed by atoms with Crippen molar-refractivity contribution >= 4 is 23.5 Å². The van der Waals surface area contributed by atoms with Crippen LogP contribution in [0.5, 0.6) is 11.5 Å². The van der Waals surface area contributed by atoms with Crippen LogP contribution in [0.2, 0.25) is 0 Å². The predicted molar refractivity (Wildman–Crippen MR) is 106 cm³/mol. The van der Waals surface area contributed by atoms with Crippen molar-refractivity contribution in [1.82, 2.24) is 9.88 Å². The standard InChI is InChI=1S/C23H16N2O4/c26-22-18-7-2-1-6-17(18)19(12-16-5-3-4-10-24-16)23(27)25(22)13-15-8-9-20-21(11-15)29-14-28-20/h1-12H,13-14H2/b19-12+. The van der Waals surface area contributed by atoms with Crippen LogP contribution in [0.4, 0.5) is 0 Å². The second-order valence-corrected chi connectivity index (χ2v) is 6.74. The Bertz CT molecular complexity index is 1150. The normalized spacial score (nSPS) is 16.3. The lowest BCUT2D eigenvalue weighted by Gasteiger charge is -2.28. The number of carbonyl (C=O) groups is 2. The molecule has 0 N–H and O–H groups in total. The molecule has 29 heavy (non-hydrogen) atoms. The van der Waals surface area contributed by atoms with Gasteiger partial charge in [0.15, 0.2) is 11.5 Å². The second kappa shape index (κ2) is 6.91. The Morgan fingerprint density at radius 3 is 2.52 bits per heavy atom. The molecule has 142 valence electrons. The summed E-state index contributed by atoms with van der Waals surface area (Å²) in [6, 6.07) is 18.0. The van der Waals surface area contributed by atoms with Gasteiger partial charge in [-0.1, -0.05) is 30.3 Å². The van der Waals surface area contributed by atoms with Crippen LogP contribution in [0.1, 0.15) is 27.2 Å². The number of benzene rings is 2. The number of nitrogens with zero attached hydrogens (tertiary/aromatic N) is 2. The molecule has 6 heteroatoms. The van der Waals surface area contributed by atoms with Crippen molar-refractivity contribution in [2.45, 2.75) is 6.54 Å². The minimum Gasteiger partial charge on any atom is -0.454 e. The summed E-state index contributed by atoms with van der Waals surface area (Å²) < 4.78 is 10.7. The van der Waals surface area contributed by atoms with Crippen LogP contribution in [0.3, 0.4) is 0 Å². The van der Waals surface area contributed by atoms with E-state index in [2.05, 4.69) is 4.98 Å². The fourth-order valence-electron chi connectivity index (χ4n) is 3.52. The van der Waals surface area contributed by atoms with Gasteiger partial charge in [0.25, 0.3) is 11.8 Å². The van der Waals surface area contributed by atoms with Crippen molar-refractivity contribution < 1.29 is 19.1 Å². The van der Waals surface area contributed by atoms with E-state index in [0.717, 1.165) is 5.56 Å². The molecule has 3 heterocycles. The third kappa shape index (κ3) is 3.04.